The van der Waals surface area contributed by atoms with Crippen molar-refractivity contribution >= 4 is 22.4 Å². The molecule has 1 aliphatic heterocycles. The van der Waals surface area contributed by atoms with E-state index in [1.54, 1.807) is 31.4 Å². The van der Waals surface area contributed by atoms with Crippen LogP contribution in [0.2, 0.25) is 0 Å². The van der Waals surface area contributed by atoms with Crippen LogP contribution in [0.4, 0.5) is 0 Å². The second-order valence-electron chi connectivity index (χ2n) is 5.36. The Morgan fingerprint density at radius 1 is 1.26 bits per heavy atom. The predicted molar refractivity (Wildman–Crippen MR) is 91.8 cm³/mol. The summed E-state index contributed by atoms with van der Waals surface area (Å²) in [5.74, 6) is 1.20. The molecule has 0 spiro atoms. The smallest absolute Gasteiger partial charge is 0.240 e. The topological polar surface area (TPSA) is 76.7 Å². The Balaban J connectivity index is 0.00000264. The number of benzene rings is 1. The van der Waals surface area contributed by atoms with E-state index in [2.05, 4.69) is 10.0 Å². The van der Waals surface area contributed by atoms with Crippen molar-refractivity contribution < 1.29 is 17.9 Å². The van der Waals surface area contributed by atoms with Gasteiger partial charge in [0.2, 0.25) is 10.0 Å². The van der Waals surface area contributed by atoms with Crippen molar-refractivity contribution in [1.29, 1.82) is 0 Å². The van der Waals surface area contributed by atoms with Crippen LogP contribution in [0, 0.1) is 5.92 Å². The van der Waals surface area contributed by atoms with Crippen LogP contribution in [0.3, 0.4) is 0 Å². The highest BCUT2D eigenvalue weighted by molar-refractivity contribution is 7.89. The zero-order chi connectivity index (χ0) is 15.8. The Kier molecular flexibility index (Phi) is 8.86. The highest BCUT2D eigenvalue weighted by Gasteiger charge is 2.17. The summed E-state index contributed by atoms with van der Waals surface area (Å²) >= 11 is 0. The molecule has 132 valence electrons. The monoisotopic (exact) mass is 364 g/mol. The number of rotatable bonds is 9. The highest BCUT2D eigenvalue weighted by atomic mass is 35.5. The molecule has 6 nitrogen and oxygen atoms in total. The van der Waals surface area contributed by atoms with Crippen molar-refractivity contribution in [2.24, 2.45) is 5.92 Å². The van der Waals surface area contributed by atoms with Crippen LogP contribution in [-0.2, 0) is 14.8 Å². The summed E-state index contributed by atoms with van der Waals surface area (Å²) in [6.45, 7) is 3.42. The maximum Gasteiger partial charge on any atom is 0.240 e. The second-order valence-corrected chi connectivity index (χ2v) is 7.12. The SMILES string of the molecule is COCCOc1ccc(S(=O)(=O)NCCC2CCNC2)cc1.Cl. The summed E-state index contributed by atoms with van der Waals surface area (Å²) in [6.07, 6.45) is 1.99. The van der Waals surface area contributed by atoms with E-state index >= 15 is 0 Å². The third-order valence-corrected chi connectivity index (χ3v) is 5.17. The van der Waals surface area contributed by atoms with E-state index in [-0.39, 0.29) is 17.3 Å². The lowest BCUT2D eigenvalue weighted by Crippen LogP contribution is -2.26. The molecular weight excluding hydrogens is 340 g/mol. The summed E-state index contributed by atoms with van der Waals surface area (Å²) in [4.78, 5) is 0.260. The van der Waals surface area contributed by atoms with E-state index < -0.39 is 10.0 Å². The average Bonchev–Trinajstić information content (AvgIpc) is 3.01. The quantitative estimate of drug-likeness (QED) is 0.648. The first kappa shape index (κ1) is 20.2. The molecule has 0 aromatic heterocycles. The van der Waals surface area contributed by atoms with Crippen molar-refractivity contribution in [2.75, 3.05) is 40.0 Å². The average molecular weight is 365 g/mol. The Morgan fingerprint density at radius 2 is 2.00 bits per heavy atom. The first-order valence-electron chi connectivity index (χ1n) is 7.54. The molecule has 1 heterocycles. The lowest BCUT2D eigenvalue weighted by molar-refractivity contribution is 0.146. The minimum atomic E-state index is -3.44. The van der Waals surface area contributed by atoms with Crippen LogP contribution in [0.25, 0.3) is 0 Å². The van der Waals surface area contributed by atoms with Gasteiger partial charge >= 0.3 is 0 Å². The number of halogens is 1. The fourth-order valence-electron chi connectivity index (χ4n) is 2.40. The molecule has 0 aliphatic carbocycles. The normalized spacial score (nSPS) is 17.7. The molecule has 2 rings (SSSR count). The zero-order valence-electron chi connectivity index (χ0n) is 13.3. The first-order valence-corrected chi connectivity index (χ1v) is 9.02. The third-order valence-electron chi connectivity index (χ3n) is 3.70. The van der Waals surface area contributed by atoms with E-state index in [0.717, 1.165) is 25.9 Å². The van der Waals surface area contributed by atoms with Gasteiger partial charge < -0.3 is 14.8 Å². The molecular formula is C15H25ClN2O4S. The first-order chi connectivity index (χ1) is 10.6. The minimum absolute atomic E-state index is 0. The molecule has 0 bridgehead atoms. The van der Waals surface area contributed by atoms with E-state index in [4.69, 9.17) is 9.47 Å². The van der Waals surface area contributed by atoms with Gasteiger partial charge in [0.15, 0.2) is 0 Å². The predicted octanol–water partition coefficient (Wildman–Crippen LogP) is 1.41. The standard InChI is InChI=1S/C15H24N2O4S.ClH/c1-20-10-11-21-14-2-4-15(5-3-14)22(18,19)17-9-7-13-6-8-16-12-13;/h2-5,13,16-17H,6-12H2,1H3;1H. The van der Waals surface area contributed by atoms with Gasteiger partial charge in [-0.25, -0.2) is 13.1 Å². The van der Waals surface area contributed by atoms with Crippen LogP contribution < -0.4 is 14.8 Å². The van der Waals surface area contributed by atoms with E-state index in [1.807, 2.05) is 0 Å². The van der Waals surface area contributed by atoms with Crippen molar-refractivity contribution in [1.82, 2.24) is 10.0 Å². The molecule has 1 aromatic rings. The van der Waals surface area contributed by atoms with Crippen LogP contribution in [0.1, 0.15) is 12.8 Å². The fourth-order valence-corrected chi connectivity index (χ4v) is 3.45. The van der Waals surface area contributed by atoms with Gasteiger partial charge in [-0.1, -0.05) is 0 Å². The van der Waals surface area contributed by atoms with Gasteiger partial charge in [-0.2, -0.15) is 0 Å². The largest absolute Gasteiger partial charge is 0.491 e. The maximum atomic E-state index is 12.2. The summed E-state index contributed by atoms with van der Waals surface area (Å²) in [5.41, 5.74) is 0. The minimum Gasteiger partial charge on any atom is -0.491 e. The van der Waals surface area contributed by atoms with Gasteiger partial charge in [-0.05, 0) is 56.1 Å². The molecule has 1 aromatic carbocycles. The molecule has 1 saturated heterocycles. The van der Waals surface area contributed by atoms with Crippen LogP contribution in [0.5, 0.6) is 5.75 Å². The zero-order valence-corrected chi connectivity index (χ0v) is 14.9. The van der Waals surface area contributed by atoms with Crippen molar-refractivity contribution in [3.8, 4) is 5.75 Å². The molecule has 2 N–H and O–H groups in total. The summed E-state index contributed by atoms with van der Waals surface area (Å²) in [5, 5.41) is 3.28. The molecule has 1 fully saturated rings. The molecule has 0 radical (unpaired) electrons. The van der Waals surface area contributed by atoms with Crippen LogP contribution in [-0.4, -0.2) is 48.4 Å². The second kappa shape index (κ2) is 10.1. The van der Waals surface area contributed by atoms with Crippen molar-refractivity contribution in [3.63, 3.8) is 0 Å². The summed E-state index contributed by atoms with van der Waals surface area (Å²) < 4.78 is 37.3. The highest BCUT2D eigenvalue weighted by Crippen LogP contribution is 2.16. The van der Waals surface area contributed by atoms with Gasteiger partial charge in [-0.3, -0.25) is 0 Å². The number of hydrogen-bond donors (Lipinski definition) is 2. The van der Waals surface area contributed by atoms with Crippen LogP contribution >= 0.6 is 12.4 Å². The molecule has 1 unspecified atom stereocenters. The van der Waals surface area contributed by atoms with Gasteiger partial charge in [0.1, 0.15) is 12.4 Å². The number of hydrogen-bond acceptors (Lipinski definition) is 5. The summed E-state index contributed by atoms with van der Waals surface area (Å²) in [6, 6.07) is 6.43. The van der Waals surface area contributed by atoms with Crippen molar-refractivity contribution in [2.45, 2.75) is 17.7 Å². The van der Waals surface area contributed by atoms with Gasteiger partial charge in [0.25, 0.3) is 0 Å². The number of nitrogens with one attached hydrogen (secondary N) is 2. The Hall–Kier alpha value is -0.860. The van der Waals surface area contributed by atoms with Gasteiger partial charge in [0.05, 0.1) is 11.5 Å². The van der Waals surface area contributed by atoms with E-state index in [0.29, 0.717) is 31.4 Å². The van der Waals surface area contributed by atoms with E-state index in [9.17, 15) is 8.42 Å². The summed E-state index contributed by atoms with van der Waals surface area (Å²) in [7, 11) is -1.84. The Morgan fingerprint density at radius 3 is 2.61 bits per heavy atom. The van der Waals surface area contributed by atoms with Crippen LogP contribution in [0.15, 0.2) is 29.2 Å². The fraction of sp³-hybridized carbons (Fsp3) is 0.600. The number of methoxy groups -OCH3 is 1. The molecule has 0 amide bonds. The molecule has 1 aliphatic rings. The Labute approximate surface area is 144 Å². The number of ether oxygens (including phenoxy) is 2. The van der Waals surface area contributed by atoms with Gasteiger partial charge in [0, 0.05) is 13.7 Å². The lowest BCUT2D eigenvalue weighted by Gasteiger charge is -2.11. The Bertz CT molecular complexity index is 545. The van der Waals surface area contributed by atoms with Crippen molar-refractivity contribution in [3.05, 3.63) is 24.3 Å². The van der Waals surface area contributed by atoms with Gasteiger partial charge in [-0.15, -0.1) is 12.4 Å². The molecule has 8 heteroatoms. The van der Waals surface area contributed by atoms with E-state index in [1.165, 1.54) is 0 Å². The lowest BCUT2D eigenvalue weighted by atomic mass is 10.1. The molecule has 0 saturated carbocycles. The third kappa shape index (κ3) is 6.64. The maximum absolute atomic E-state index is 12.2. The molecule has 1 atom stereocenters. The number of sulfonamides is 1. The molecule has 23 heavy (non-hydrogen) atoms.